The lowest BCUT2D eigenvalue weighted by Crippen LogP contribution is -2.41. The van der Waals surface area contributed by atoms with Crippen molar-refractivity contribution in [1.82, 2.24) is 9.88 Å². The number of hydrogen-bond donors (Lipinski definition) is 2. The second-order valence-corrected chi connectivity index (χ2v) is 9.53. The van der Waals surface area contributed by atoms with Gasteiger partial charge in [0.05, 0.1) is 24.4 Å². The highest BCUT2D eigenvalue weighted by molar-refractivity contribution is 6.04. The van der Waals surface area contributed by atoms with E-state index in [0.29, 0.717) is 11.3 Å². The molecule has 5 rings (SSSR count). The number of nitrogens with one attached hydrogen (secondary N) is 1. The Morgan fingerprint density at radius 1 is 1.00 bits per heavy atom. The lowest BCUT2D eigenvalue weighted by Gasteiger charge is -2.39. The molecule has 0 spiro atoms. The fourth-order valence-electron chi connectivity index (χ4n) is 4.93. The van der Waals surface area contributed by atoms with Gasteiger partial charge in [-0.3, -0.25) is 9.78 Å². The van der Waals surface area contributed by atoms with Crippen LogP contribution in [-0.2, 0) is 16.1 Å². The number of likely N-dealkylation sites (tertiary alicyclic amines) is 1. The number of ether oxygens (including phenoxy) is 2. The fourth-order valence-corrected chi connectivity index (χ4v) is 4.93. The summed E-state index contributed by atoms with van der Waals surface area (Å²) in [6.07, 6.45) is 7.07. The number of nitrogens with zero attached hydrogens (tertiary/aromatic N) is 2. The summed E-state index contributed by atoms with van der Waals surface area (Å²) in [7, 11) is 0. The van der Waals surface area contributed by atoms with Gasteiger partial charge in [-0.05, 0) is 61.3 Å². The van der Waals surface area contributed by atoms with Gasteiger partial charge in [0, 0.05) is 36.6 Å². The van der Waals surface area contributed by atoms with Crippen LogP contribution in [0.5, 0.6) is 0 Å². The standard InChI is InChI=1S/C29H33N3O4/c33-20-21-9-11-22(12-10-21)27-17-26(19-32-14-2-1-3-15-32)35-29(36-27)23-6-4-8-25(16-23)31-28(34)24-7-5-13-30-18-24/h4-13,16,18,26-27,29,33H,1-3,14-15,17,19-20H2,(H,31,34)/t26-,27+,29+/m0/s1. The second-order valence-electron chi connectivity index (χ2n) is 9.53. The van der Waals surface area contributed by atoms with Gasteiger partial charge in [0.15, 0.2) is 6.29 Å². The minimum absolute atomic E-state index is 0.0205. The van der Waals surface area contributed by atoms with E-state index in [9.17, 15) is 9.90 Å². The van der Waals surface area contributed by atoms with Crippen molar-refractivity contribution in [3.05, 3.63) is 95.3 Å². The SMILES string of the molecule is O=C(Nc1cccc([C@@H]2O[C@H](CN3CCCCC3)C[C@H](c3ccc(CO)cc3)O2)c1)c1cccnc1. The Hall–Kier alpha value is -3.10. The Morgan fingerprint density at radius 3 is 2.58 bits per heavy atom. The topological polar surface area (TPSA) is 83.9 Å². The maximum atomic E-state index is 12.6. The van der Waals surface area contributed by atoms with E-state index in [1.807, 2.05) is 48.5 Å². The molecule has 3 heterocycles. The zero-order chi connectivity index (χ0) is 24.7. The molecular formula is C29H33N3O4. The molecule has 2 aliphatic rings. The third-order valence-electron chi connectivity index (χ3n) is 6.87. The summed E-state index contributed by atoms with van der Waals surface area (Å²) >= 11 is 0. The molecule has 7 heteroatoms. The van der Waals surface area contributed by atoms with Gasteiger partial charge in [-0.1, -0.05) is 42.8 Å². The largest absolute Gasteiger partial charge is 0.392 e. The summed E-state index contributed by atoms with van der Waals surface area (Å²) in [6, 6.07) is 19.1. The summed E-state index contributed by atoms with van der Waals surface area (Å²) in [5.41, 5.74) is 3.99. The average Bonchev–Trinajstić information content (AvgIpc) is 2.94. The predicted octanol–water partition coefficient (Wildman–Crippen LogP) is 4.86. The van der Waals surface area contributed by atoms with E-state index in [1.54, 1.807) is 24.5 Å². The predicted molar refractivity (Wildman–Crippen MR) is 137 cm³/mol. The van der Waals surface area contributed by atoms with Gasteiger partial charge in [-0.15, -0.1) is 0 Å². The Kier molecular flexibility index (Phi) is 8.03. The molecule has 2 aliphatic heterocycles. The number of hydrogen-bond acceptors (Lipinski definition) is 6. The van der Waals surface area contributed by atoms with Crippen LogP contribution in [0, 0.1) is 0 Å². The summed E-state index contributed by atoms with van der Waals surface area (Å²) in [5.74, 6) is -0.212. The molecule has 0 unspecified atom stereocenters. The molecule has 2 fully saturated rings. The average molecular weight is 488 g/mol. The van der Waals surface area contributed by atoms with Crippen molar-refractivity contribution in [1.29, 1.82) is 0 Å². The van der Waals surface area contributed by atoms with E-state index in [2.05, 4.69) is 15.2 Å². The molecule has 188 valence electrons. The van der Waals surface area contributed by atoms with Gasteiger partial charge in [-0.25, -0.2) is 0 Å². The number of amides is 1. The van der Waals surface area contributed by atoms with E-state index < -0.39 is 6.29 Å². The van der Waals surface area contributed by atoms with Crippen LogP contribution in [0.4, 0.5) is 5.69 Å². The van der Waals surface area contributed by atoms with Gasteiger partial charge < -0.3 is 24.8 Å². The third-order valence-corrected chi connectivity index (χ3v) is 6.87. The normalized spacial score (nSPS) is 22.8. The van der Waals surface area contributed by atoms with Crippen molar-refractivity contribution in [2.24, 2.45) is 0 Å². The number of pyridine rings is 1. The van der Waals surface area contributed by atoms with E-state index >= 15 is 0 Å². The number of aromatic nitrogens is 1. The Labute approximate surface area is 212 Å². The zero-order valence-electron chi connectivity index (χ0n) is 20.4. The molecule has 0 radical (unpaired) electrons. The lowest BCUT2D eigenvalue weighted by atomic mass is 9.99. The van der Waals surface area contributed by atoms with Crippen molar-refractivity contribution < 1.29 is 19.4 Å². The molecule has 0 aliphatic carbocycles. The smallest absolute Gasteiger partial charge is 0.257 e. The molecule has 2 N–H and O–H groups in total. The maximum Gasteiger partial charge on any atom is 0.257 e. The van der Waals surface area contributed by atoms with E-state index in [1.165, 1.54) is 19.3 Å². The maximum absolute atomic E-state index is 12.6. The van der Waals surface area contributed by atoms with Crippen molar-refractivity contribution in [2.75, 3.05) is 25.0 Å². The first-order valence-electron chi connectivity index (χ1n) is 12.7. The van der Waals surface area contributed by atoms with Crippen molar-refractivity contribution in [3.63, 3.8) is 0 Å². The van der Waals surface area contributed by atoms with E-state index in [4.69, 9.17) is 9.47 Å². The van der Waals surface area contributed by atoms with Crippen molar-refractivity contribution in [3.8, 4) is 0 Å². The second kappa shape index (κ2) is 11.8. The highest BCUT2D eigenvalue weighted by atomic mass is 16.7. The van der Waals surface area contributed by atoms with Crippen LogP contribution in [-0.4, -0.2) is 46.6 Å². The molecule has 0 bridgehead atoms. The number of carbonyl (C=O) groups excluding carboxylic acids is 1. The Bertz CT molecular complexity index is 1130. The fraction of sp³-hybridized carbons (Fsp3) is 0.379. The molecule has 2 saturated heterocycles. The number of rotatable bonds is 7. The van der Waals surface area contributed by atoms with Crippen molar-refractivity contribution >= 4 is 11.6 Å². The summed E-state index contributed by atoms with van der Waals surface area (Å²) in [4.78, 5) is 19.1. The molecule has 1 amide bonds. The van der Waals surface area contributed by atoms with Gasteiger partial charge in [0.1, 0.15) is 0 Å². The van der Waals surface area contributed by atoms with E-state index in [-0.39, 0.29) is 24.7 Å². The van der Waals surface area contributed by atoms with Gasteiger partial charge in [0.2, 0.25) is 0 Å². The molecular weight excluding hydrogens is 454 g/mol. The lowest BCUT2D eigenvalue weighted by molar-refractivity contribution is -0.253. The third kappa shape index (κ3) is 6.17. The minimum Gasteiger partial charge on any atom is -0.392 e. The van der Waals surface area contributed by atoms with Crippen LogP contribution in [0.2, 0.25) is 0 Å². The van der Waals surface area contributed by atoms with Crippen LogP contribution in [0.3, 0.4) is 0 Å². The highest BCUT2D eigenvalue weighted by Crippen LogP contribution is 2.38. The molecule has 3 aromatic rings. The number of aliphatic hydroxyl groups is 1. The van der Waals surface area contributed by atoms with Crippen molar-refractivity contribution in [2.45, 2.75) is 50.8 Å². The molecule has 2 aromatic carbocycles. The number of carbonyl (C=O) groups is 1. The van der Waals surface area contributed by atoms with Crippen LogP contribution < -0.4 is 5.32 Å². The number of benzene rings is 2. The van der Waals surface area contributed by atoms with Crippen LogP contribution in [0.15, 0.2) is 73.1 Å². The monoisotopic (exact) mass is 487 g/mol. The summed E-state index contributed by atoms with van der Waals surface area (Å²) in [6.45, 7) is 3.11. The van der Waals surface area contributed by atoms with E-state index in [0.717, 1.165) is 42.7 Å². The molecule has 1 aromatic heterocycles. The van der Waals surface area contributed by atoms with Gasteiger partial charge >= 0.3 is 0 Å². The van der Waals surface area contributed by atoms with Crippen LogP contribution in [0.1, 0.15) is 65.1 Å². The molecule has 7 nitrogen and oxygen atoms in total. The molecule has 36 heavy (non-hydrogen) atoms. The van der Waals surface area contributed by atoms with Gasteiger partial charge in [-0.2, -0.15) is 0 Å². The molecule has 0 saturated carbocycles. The quantitative estimate of drug-likeness (QED) is 0.495. The van der Waals surface area contributed by atoms with Crippen LogP contribution >= 0.6 is 0 Å². The number of aliphatic hydroxyl groups excluding tert-OH is 1. The zero-order valence-corrected chi connectivity index (χ0v) is 20.4. The first-order valence-corrected chi connectivity index (χ1v) is 12.7. The van der Waals surface area contributed by atoms with Crippen LogP contribution in [0.25, 0.3) is 0 Å². The minimum atomic E-state index is -0.550. The number of anilines is 1. The Balaban J connectivity index is 1.35. The Morgan fingerprint density at radius 2 is 1.83 bits per heavy atom. The highest BCUT2D eigenvalue weighted by Gasteiger charge is 2.33. The molecule has 3 atom stereocenters. The van der Waals surface area contributed by atoms with Gasteiger partial charge in [0.25, 0.3) is 5.91 Å². The first-order chi connectivity index (χ1) is 17.7. The first kappa shape index (κ1) is 24.6. The summed E-state index contributed by atoms with van der Waals surface area (Å²) < 4.78 is 13.0. The number of piperidine rings is 1. The summed E-state index contributed by atoms with van der Waals surface area (Å²) in [5, 5.41) is 12.4.